The summed E-state index contributed by atoms with van der Waals surface area (Å²) in [6.45, 7) is 6.32. The molecule has 0 saturated heterocycles. The highest BCUT2D eigenvalue weighted by atomic mass is 16.3. The van der Waals surface area contributed by atoms with Crippen LogP contribution in [0.4, 0.5) is 0 Å². The molecule has 13 heavy (non-hydrogen) atoms. The molecule has 0 amide bonds. The lowest BCUT2D eigenvalue weighted by atomic mass is 9.89. The van der Waals surface area contributed by atoms with Crippen molar-refractivity contribution in [2.45, 2.75) is 26.2 Å². The fourth-order valence-electron chi connectivity index (χ4n) is 1.52. The van der Waals surface area contributed by atoms with E-state index in [4.69, 9.17) is 4.42 Å². The van der Waals surface area contributed by atoms with Gasteiger partial charge >= 0.3 is 0 Å². The molecule has 1 aromatic heterocycles. The molecule has 1 aliphatic carbocycles. The molecule has 0 atom stereocenters. The second kappa shape index (κ2) is 2.59. The molecule has 0 radical (unpaired) electrons. The van der Waals surface area contributed by atoms with Crippen LogP contribution in [0.3, 0.4) is 0 Å². The Morgan fingerprint density at radius 1 is 1.38 bits per heavy atom. The van der Waals surface area contributed by atoms with Crippen LogP contribution in [0, 0.1) is 0 Å². The molecule has 0 aliphatic heterocycles. The molecule has 0 fully saturated rings. The Bertz CT molecular complexity index is 383. The summed E-state index contributed by atoms with van der Waals surface area (Å²) >= 11 is 0. The highest BCUT2D eigenvalue weighted by Crippen LogP contribution is 2.31. The molecule has 1 aliphatic rings. The lowest BCUT2D eigenvalue weighted by molar-refractivity contribution is 0.435. The van der Waals surface area contributed by atoms with E-state index in [1.165, 1.54) is 12.0 Å². The second-order valence-corrected chi connectivity index (χ2v) is 4.01. The lowest BCUT2D eigenvalue weighted by Gasteiger charge is -2.15. The largest absolute Gasteiger partial charge is 0.447 e. The van der Waals surface area contributed by atoms with Gasteiger partial charge in [-0.05, 0) is 32.4 Å². The monoisotopic (exact) mass is 175 g/mol. The number of hydrogen-bond donors (Lipinski definition) is 0. The summed E-state index contributed by atoms with van der Waals surface area (Å²) in [5.74, 6) is 0.945. The minimum Gasteiger partial charge on any atom is -0.447 e. The molecule has 68 valence electrons. The van der Waals surface area contributed by atoms with Crippen molar-refractivity contribution in [3.8, 4) is 0 Å². The highest BCUT2D eigenvalue weighted by molar-refractivity contribution is 5.57. The molecule has 2 nitrogen and oxygen atoms in total. The molecule has 0 spiro atoms. The summed E-state index contributed by atoms with van der Waals surface area (Å²) in [5.41, 5.74) is 2.10. The van der Waals surface area contributed by atoms with Crippen LogP contribution in [-0.4, -0.2) is 4.98 Å². The Balaban J connectivity index is 2.63. The molecule has 0 saturated carbocycles. The van der Waals surface area contributed by atoms with Crippen LogP contribution in [0.5, 0.6) is 0 Å². The van der Waals surface area contributed by atoms with Crippen molar-refractivity contribution in [3.05, 3.63) is 35.6 Å². The van der Waals surface area contributed by atoms with Gasteiger partial charge in [-0.3, -0.25) is 0 Å². The van der Waals surface area contributed by atoms with E-state index >= 15 is 0 Å². The minimum absolute atomic E-state index is 0.0555. The lowest BCUT2D eigenvalue weighted by Crippen LogP contribution is -2.12. The van der Waals surface area contributed by atoms with E-state index in [2.05, 4.69) is 37.9 Å². The normalized spacial score (nSPS) is 19.2. The number of aromatic nitrogens is 1. The van der Waals surface area contributed by atoms with Gasteiger partial charge in [0.15, 0.2) is 6.39 Å². The van der Waals surface area contributed by atoms with Gasteiger partial charge in [-0.2, -0.15) is 0 Å². The van der Waals surface area contributed by atoms with Crippen molar-refractivity contribution in [3.63, 3.8) is 0 Å². The van der Waals surface area contributed by atoms with Crippen molar-refractivity contribution in [1.29, 1.82) is 0 Å². The molecule has 0 aromatic carbocycles. The number of fused-ring (bicyclic) bond motifs is 1. The Labute approximate surface area is 78.0 Å². The minimum atomic E-state index is -0.0555. The molecule has 1 heterocycles. The van der Waals surface area contributed by atoms with Gasteiger partial charge < -0.3 is 4.42 Å². The van der Waals surface area contributed by atoms with Crippen LogP contribution in [0.1, 0.15) is 32.2 Å². The third kappa shape index (κ3) is 1.32. The Kier molecular flexibility index (Phi) is 1.65. The number of allylic oxidation sites excluding steroid dienone is 3. The van der Waals surface area contributed by atoms with Crippen LogP contribution >= 0.6 is 0 Å². The predicted molar refractivity (Wildman–Crippen MR) is 52.3 cm³/mol. The van der Waals surface area contributed by atoms with Gasteiger partial charge in [0, 0.05) is 5.41 Å². The van der Waals surface area contributed by atoms with Gasteiger partial charge in [-0.15, -0.1) is 0 Å². The maximum absolute atomic E-state index is 5.39. The molecule has 2 heteroatoms. The van der Waals surface area contributed by atoms with Crippen molar-refractivity contribution in [2.24, 2.45) is 0 Å². The third-order valence-corrected chi connectivity index (χ3v) is 2.31. The van der Waals surface area contributed by atoms with Crippen molar-refractivity contribution in [1.82, 2.24) is 4.98 Å². The van der Waals surface area contributed by atoms with Crippen molar-refractivity contribution >= 4 is 6.08 Å². The van der Waals surface area contributed by atoms with Gasteiger partial charge in [0.25, 0.3) is 0 Å². The summed E-state index contributed by atoms with van der Waals surface area (Å²) < 4.78 is 5.39. The number of hydrogen-bond acceptors (Lipinski definition) is 2. The Morgan fingerprint density at radius 2 is 2.15 bits per heavy atom. The van der Waals surface area contributed by atoms with Crippen LogP contribution in [0.15, 0.2) is 28.5 Å². The Hall–Kier alpha value is -1.31. The average molecular weight is 175 g/mol. The molecule has 1 aromatic rings. The van der Waals surface area contributed by atoms with Crippen molar-refractivity contribution in [2.75, 3.05) is 0 Å². The van der Waals surface area contributed by atoms with Crippen LogP contribution in [-0.2, 0) is 5.41 Å². The first-order valence-corrected chi connectivity index (χ1v) is 4.41. The van der Waals surface area contributed by atoms with Crippen LogP contribution in [0.25, 0.3) is 6.08 Å². The van der Waals surface area contributed by atoms with E-state index < -0.39 is 0 Å². The topological polar surface area (TPSA) is 26.0 Å². The molecule has 2 rings (SSSR count). The molecular weight excluding hydrogens is 162 g/mol. The summed E-state index contributed by atoms with van der Waals surface area (Å²) in [7, 11) is 0. The van der Waals surface area contributed by atoms with Crippen LogP contribution in [0.2, 0.25) is 0 Å². The van der Waals surface area contributed by atoms with E-state index in [1.54, 1.807) is 0 Å². The third-order valence-electron chi connectivity index (χ3n) is 2.31. The summed E-state index contributed by atoms with van der Waals surface area (Å²) in [6, 6.07) is 0. The molecule has 0 unspecified atom stereocenters. The number of oxazole rings is 1. The SMILES string of the molecule is CC1=Cc2ncoc2C(C)(C)C=C1. The first-order chi connectivity index (χ1) is 6.09. The smallest absolute Gasteiger partial charge is 0.181 e. The first kappa shape index (κ1) is 8.30. The number of rotatable bonds is 0. The van der Waals surface area contributed by atoms with Gasteiger partial charge in [0.2, 0.25) is 0 Å². The zero-order chi connectivity index (χ0) is 9.47. The van der Waals surface area contributed by atoms with E-state index in [9.17, 15) is 0 Å². The quantitative estimate of drug-likeness (QED) is 0.606. The highest BCUT2D eigenvalue weighted by Gasteiger charge is 2.25. The van der Waals surface area contributed by atoms with Gasteiger partial charge in [0.1, 0.15) is 11.5 Å². The fraction of sp³-hybridized carbons (Fsp3) is 0.364. The maximum Gasteiger partial charge on any atom is 0.181 e. The van der Waals surface area contributed by atoms with Crippen molar-refractivity contribution < 1.29 is 4.42 Å². The molecule has 0 bridgehead atoms. The predicted octanol–water partition coefficient (Wildman–Crippen LogP) is 2.93. The second-order valence-electron chi connectivity index (χ2n) is 4.01. The maximum atomic E-state index is 5.39. The van der Waals surface area contributed by atoms with Gasteiger partial charge in [0.05, 0.1) is 0 Å². The summed E-state index contributed by atoms with van der Waals surface area (Å²) in [4.78, 5) is 4.18. The number of nitrogens with zero attached hydrogens (tertiary/aromatic N) is 1. The first-order valence-electron chi connectivity index (χ1n) is 4.41. The zero-order valence-corrected chi connectivity index (χ0v) is 8.16. The molecular formula is C11H13NO. The standard InChI is InChI=1S/C11H13NO/c1-8-4-5-11(2,3)10-9(6-8)12-7-13-10/h4-7H,1-3H3. The summed E-state index contributed by atoms with van der Waals surface area (Å²) in [6.07, 6.45) is 7.81. The van der Waals surface area contributed by atoms with Gasteiger partial charge in [-0.1, -0.05) is 12.2 Å². The summed E-state index contributed by atoms with van der Waals surface area (Å²) in [5, 5.41) is 0. The van der Waals surface area contributed by atoms with E-state index in [0.29, 0.717) is 0 Å². The van der Waals surface area contributed by atoms with E-state index in [0.717, 1.165) is 11.5 Å². The fourth-order valence-corrected chi connectivity index (χ4v) is 1.52. The zero-order valence-electron chi connectivity index (χ0n) is 8.16. The Morgan fingerprint density at radius 3 is 2.92 bits per heavy atom. The van der Waals surface area contributed by atoms with E-state index in [1.807, 2.05) is 6.08 Å². The van der Waals surface area contributed by atoms with Gasteiger partial charge in [-0.25, -0.2) is 4.98 Å². The van der Waals surface area contributed by atoms with Crippen LogP contribution < -0.4 is 0 Å². The average Bonchev–Trinajstić information content (AvgIpc) is 2.46. The molecule has 0 N–H and O–H groups in total. The van der Waals surface area contributed by atoms with E-state index in [-0.39, 0.29) is 5.41 Å².